The van der Waals surface area contributed by atoms with E-state index in [0.29, 0.717) is 10.7 Å². The van der Waals surface area contributed by atoms with Crippen molar-refractivity contribution in [2.75, 3.05) is 12.8 Å². The Kier molecular flexibility index (Phi) is 3.15. The Balaban J connectivity index is 2.54. The van der Waals surface area contributed by atoms with Crippen molar-refractivity contribution in [2.24, 2.45) is 0 Å². The van der Waals surface area contributed by atoms with Gasteiger partial charge in [0.25, 0.3) is 0 Å². The maximum Gasteiger partial charge on any atom is 0.146 e. The maximum atomic E-state index is 6.07. The van der Waals surface area contributed by atoms with Gasteiger partial charge in [-0.25, -0.2) is 9.97 Å². The summed E-state index contributed by atoms with van der Waals surface area (Å²) in [4.78, 5) is 7.97. The first kappa shape index (κ1) is 11.7. The third-order valence-corrected chi connectivity index (χ3v) is 2.86. The summed E-state index contributed by atoms with van der Waals surface area (Å²) in [6.07, 6.45) is 1.40. The standard InChI is InChI=1S/C12H12ClN3O/c1-7-5-8(3-4-9(7)17-2)11-10(13)12(14)16-6-15-11/h3-6H,1-2H3,(H2,14,15,16). The van der Waals surface area contributed by atoms with Gasteiger partial charge in [-0.3, -0.25) is 0 Å². The summed E-state index contributed by atoms with van der Waals surface area (Å²) in [5.41, 5.74) is 8.18. The number of hydrogen-bond acceptors (Lipinski definition) is 4. The van der Waals surface area contributed by atoms with Crippen molar-refractivity contribution in [3.05, 3.63) is 35.1 Å². The van der Waals surface area contributed by atoms with Gasteiger partial charge in [0, 0.05) is 5.56 Å². The molecule has 0 saturated carbocycles. The summed E-state index contributed by atoms with van der Waals surface area (Å²) < 4.78 is 5.20. The van der Waals surface area contributed by atoms with Crippen molar-refractivity contribution in [3.8, 4) is 17.0 Å². The van der Waals surface area contributed by atoms with Gasteiger partial charge in [-0.15, -0.1) is 0 Å². The van der Waals surface area contributed by atoms with Crippen molar-refractivity contribution in [1.29, 1.82) is 0 Å². The van der Waals surface area contributed by atoms with Crippen LogP contribution >= 0.6 is 11.6 Å². The van der Waals surface area contributed by atoms with Crippen molar-refractivity contribution in [1.82, 2.24) is 9.97 Å². The fourth-order valence-corrected chi connectivity index (χ4v) is 1.82. The maximum absolute atomic E-state index is 6.07. The molecule has 0 saturated heterocycles. The smallest absolute Gasteiger partial charge is 0.146 e. The van der Waals surface area contributed by atoms with Gasteiger partial charge >= 0.3 is 0 Å². The minimum atomic E-state index is 0.283. The van der Waals surface area contributed by atoms with E-state index in [-0.39, 0.29) is 5.82 Å². The van der Waals surface area contributed by atoms with Crippen molar-refractivity contribution in [2.45, 2.75) is 6.92 Å². The molecular formula is C12H12ClN3O. The van der Waals surface area contributed by atoms with Crippen LogP contribution in [-0.4, -0.2) is 17.1 Å². The molecule has 0 bridgehead atoms. The highest BCUT2D eigenvalue weighted by atomic mass is 35.5. The lowest BCUT2D eigenvalue weighted by molar-refractivity contribution is 0.412. The van der Waals surface area contributed by atoms with Crippen LogP contribution < -0.4 is 10.5 Å². The molecule has 0 aliphatic heterocycles. The van der Waals surface area contributed by atoms with Gasteiger partial charge in [0.2, 0.25) is 0 Å². The molecule has 0 atom stereocenters. The molecule has 1 aromatic carbocycles. The van der Waals surface area contributed by atoms with Crippen LogP contribution in [-0.2, 0) is 0 Å². The van der Waals surface area contributed by atoms with E-state index in [0.717, 1.165) is 16.9 Å². The lowest BCUT2D eigenvalue weighted by Crippen LogP contribution is -1.96. The lowest BCUT2D eigenvalue weighted by Gasteiger charge is -2.08. The molecule has 17 heavy (non-hydrogen) atoms. The second kappa shape index (κ2) is 4.59. The Labute approximate surface area is 104 Å². The monoisotopic (exact) mass is 249 g/mol. The van der Waals surface area contributed by atoms with E-state index >= 15 is 0 Å². The van der Waals surface area contributed by atoms with Crippen LogP contribution in [0, 0.1) is 6.92 Å². The number of aromatic nitrogens is 2. The van der Waals surface area contributed by atoms with Crippen molar-refractivity contribution >= 4 is 17.4 Å². The number of nitrogens with zero attached hydrogens (tertiary/aromatic N) is 2. The SMILES string of the molecule is COc1ccc(-c2ncnc(N)c2Cl)cc1C. The highest BCUT2D eigenvalue weighted by Gasteiger charge is 2.10. The number of nitrogens with two attached hydrogens (primary N) is 1. The number of nitrogen functional groups attached to an aromatic ring is 1. The van der Waals surface area contributed by atoms with E-state index in [4.69, 9.17) is 22.1 Å². The van der Waals surface area contributed by atoms with E-state index in [9.17, 15) is 0 Å². The molecular weight excluding hydrogens is 238 g/mol. The van der Waals surface area contributed by atoms with Crippen molar-refractivity contribution in [3.63, 3.8) is 0 Å². The van der Waals surface area contributed by atoms with Crippen LogP contribution in [0.3, 0.4) is 0 Å². The van der Waals surface area contributed by atoms with Crippen LogP contribution in [0.15, 0.2) is 24.5 Å². The number of anilines is 1. The predicted octanol–water partition coefficient (Wildman–Crippen LogP) is 2.70. The molecule has 2 N–H and O–H groups in total. The van der Waals surface area contributed by atoms with Crippen LogP contribution in [0.4, 0.5) is 5.82 Å². The van der Waals surface area contributed by atoms with E-state index in [2.05, 4.69) is 9.97 Å². The molecule has 0 radical (unpaired) electrons. The Morgan fingerprint density at radius 3 is 2.71 bits per heavy atom. The van der Waals surface area contributed by atoms with Gasteiger partial charge in [-0.1, -0.05) is 11.6 Å². The third-order valence-electron chi connectivity index (χ3n) is 2.48. The molecule has 0 aliphatic carbocycles. The highest BCUT2D eigenvalue weighted by Crippen LogP contribution is 2.31. The van der Waals surface area contributed by atoms with E-state index in [1.54, 1.807) is 7.11 Å². The molecule has 4 nitrogen and oxygen atoms in total. The molecule has 1 heterocycles. The van der Waals surface area contributed by atoms with Gasteiger partial charge in [-0.2, -0.15) is 0 Å². The minimum absolute atomic E-state index is 0.283. The summed E-state index contributed by atoms with van der Waals surface area (Å²) in [6.45, 7) is 1.96. The Morgan fingerprint density at radius 1 is 1.29 bits per heavy atom. The fourth-order valence-electron chi connectivity index (χ4n) is 1.61. The number of aryl methyl sites for hydroxylation is 1. The first-order chi connectivity index (χ1) is 8.13. The zero-order valence-electron chi connectivity index (χ0n) is 9.57. The lowest BCUT2D eigenvalue weighted by atomic mass is 10.1. The zero-order valence-corrected chi connectivity index (χ0v) is 10.3. The fraction of sp³-hybridized carbons (Fsp3) is 0.167. The van der Waals surface area contributed by atoms with E-state index < -0.39 is 0 Å². The molecule has 2 aromatic rings. The van der Waals surface area contributed by atoms with Gasteiger partial charge in [0.1, 0.15) is 22.9 Å². The largest absolute Gasteiger partial charge is 0.496 e. The van der Waals surface area contributed by atoms with Crippen molar-refractivity contribution < 1.29 is 4.74 Å². The summed E-state index contributed by atoms with van der Waals surface area (Å²) in [6, 6.07) is 5.71. The molecule has 0 aliphatic rings. The van der Waals surface area contributed by atoms with Crippen LogP contribution in [0.1, 0.15) is 5.56 Å². The molecule has 0 spiro atoms. The first-order valence-electron chi connectivity index (χ1n) is 5.04. The number of hydrogen-bond donors (Lipinski definition) is 1. The molecule has 5 heteroatoms. The molecule has 1 aromatic heterocycles. The van der Waals surface area contributed by atoms with E-state index in [1.807, 2.05) is 25.1 Å². The topological polar surface area (TPSA) is 61.0 Å². The summed E-state index contributed by atoms with van der Waals surface area (Å²) in [5.74, 6) is 1.11. The first-order valence-corrected chi connectivity index (χ1v) is 5.42. The van der Waals surface area contributed by atoms with Crippen LogP contribution in [0.5, 0.6) is 5.75 Å². The van der Waals surface area contributed by atoms with Crippen LogP contribution in [0.2, 0.25) is 5.02 Å². The highest BCUT2D eigenvalue weighted by molar-refractivity contribution is 6.35. The minimum Gasteiger partial charge on any atom is -0.496 e. The predicted molar refractivity (Wildman–Crippen MR) is 68.2 cm³/mol. The molecule has 2 rings (SSSR count). The second-order valence-electron chi connectivity index (χ2n) is 3.61. The average Bonchev–Trinajstić information content (AvgIpc) is 2.32. The zero-order chi connectivity index (χ0) is 12.4. The quantitative estimate of drug-likeness (QED) is 0.889. The molecule has 0 fully saturated rings. The average molecular weight is 250 g/mol. The third kappa shape index (κ3) is 2.17. The summed E-state index contributed by atoms with van der Waals surface area (Å²) >= 11 is 6.07. The summed E-state index contributed by atoms with van der Waals surface area (Å²) in [5, 5.41) is 0.372. The van der Waals surface area contributed by atoms with Gasteiger partial charge in [0.15, 0.2) is 0 Å². The van der Waals surface area contributed by atoms with E-state index in [1.165, 1.54) is 6.33 Å². The number of benzene rings is 1. The van der Waals surface area contributed by atoms with Crippen LogP contribution in [0.25, 0.3) is 11.3 Å². The number of ether oxygens (including phenoxy) is 1. The van der Waals surface area contributed by atoms with Gasteiger partial charge in [0.05, 0.1) is 12.8 Å². The molecule has 0 unspecified atom stereocenters. The Bertz CT molecular complexity index is 557. The number of rotatable bonds is 2. The second-order valence-corrected chi connectivity index (χ2v) is 3.98. The Morgan fingerprint density at radius 2 is 2.06 bits per heavy atom. The summed E-state index contributed by atoms with van der Waals surface area (Å²) in [7, 11) is 1.64. The molecule has 0 amide bonds. The normalized spacial score (nSPS) is 10.3. The Hall–Kier alpha value is -1.81. The van der Waals surface area contributed by atoms with Gasteiger partial charge < -0.3 is 10.5 Å². The molecule has 88 valence electrons. The number of methoxy groups -OCH3 is 1. The van der Waals surface area contributed by atoms with Gasteiger partial charge in [-0.05, 0) is 30.7 Å². The number of halogens is 1.